The summed E-state index contributed by atoms with van der Waals surface area (Å²) in [6, 6.07) is 12.3. The molecule has 3 aromatic rings. The highest BCUT2D eigenvalue weighted by atomic mass is 19.1. The fourth-order valence-electron chi connectivity index (χ4n) is 2.24. The van der Waals surface area contributed by atoms with Crippen LogP contribution in [0.25, 0.3) is 16.6 Å². The van der Waals surface area contributed by atoms with Crippen molar-refractivity contribution in [3.05, 3.63) is 60.0 Å². The topological polar surface area (TPSA) is 38.0 Å². The quantitative estimate of drug-likeness (QED) is 0.764. The Morgan fingerprint density at radius 1 is 1.16 bits per heavy atom. The monoisotopic (exact) mass is 256 g/mol. The van der Waals surface area contributed by atoms with Gasteiger partial charge in [-0.05, 0) is 19.1 Å². The molecule has 0 amide bonds. The molecule has 0 aliphatic rings. The van der Waals surface area contributed by atoms with Crippen molar-refractivity contribution in [2.75, 3.05) is 0 Å². The number of rotatable bonds is 2. The summed E-state index contributed by atoms with van der Waals surface area (Å²) < 4.78 is 15.7. The average molecular weight is 256 g/mol. The third kappa shape index (κ3) is 1.90. The highest BCUT2D eigenvalue weighted by molar-refractivity contribution is 5.80. The van der Waals surface area contributed by atoms with Crippen molar-refractivity contribution in [3.8, 4) is 5.69 Å². The highest BCUT2D eigenvalue weighted by Gasteiger charge is 2.16. The molecule has 1 heterocycles. The second kappa shape index (κ2) is 4.48. The summed E-state index contributed by atoms with van der Waals surface area (Å²) in [7, 11) is 0. The fourth-order valence-corrected chi connectivity index (χ4v) is 2.24. The molecule has 0 bridgehead atoms. The minimum absolute atomic E-state index is 0.304. The number of aliphatic hydroxyl groups is 1. The first-order valence-electron chi connectivity index (χ1n) is 6.08. The van der Waals surface area contributed by atoms with E-state index in [9.17, 15) is 9.50 Å². The van der Waals surface area contributed by atoms with Crippen LogP contribution in [0.4, 0.5) is 4.39 Å². The minimum atomic E-state index is -0.756. The summed E-state index contributed by atoms with van der Waals surface area (Å²) in [5, 5.41) is 15.0. The number of para-hydroxylation sites is 2. The van der Waals surface area contributed by atoms with Crippen molar-refractivity contribution in [1.29, 1.82) is 0 Å². The van der Waals surface area contributed by atoms with Gasteiger partial charge in [0.25, 0.3) is 0 Å². The summed E-state index contributed by atoms with van der Waals surface area (Å²) in [4.78, 5) is 0. The second-order valence-electron chi connectivity index (χ2n) is 4.47. The Kier molecular flexibility index (Phi) is 2.80. The summed E-state index contributed by atoms with van der Waals surface area (Å²) in [6.45, 7) is 1.62. The van der Waals surface area contributed by atoms with E-state index >= 15 is 0 Å². The lowest BCUT2D eigenvalue weighted by atomic mass is 10.1. The van der Waals surface area contributed by atoms with E-state index in [1.165, 1.54) is 10.7 Å². The Morgan fingerprint density at radius 3 is 2.74 bits per heavy atom. The zero-order valence-electron chi connectivity index (χ0n) is 10.4. The molecule has 0 aliphatic carbocycles. The standard InChI is InChI=1S/C15H13FN2O/c1-10(19)12-6-4-7-13(16)15(12)18-14-8-3-2-5-11(14)9-17-18/h2-10,19H,1H3. The highest BCUT2D eigenvalue weighted by Crippen LogP contribution is 2.27. The largest absolute Gasteiger partial charge is 0.389 e. The maximum absolute atomic E-state index is 14.1. The summed E-state index contributed by atoms with van der Waals surface area (Å²) >= 11 is 0. The molecule has 96 valence electrons. The number of hydrogen-bond acceptors (Lipinski definition) is 2. The number of benzene rings is 2. The van der Waals surface area contributed by atoms with Crippen LogP contribution in [0.3, 0.4) is 0 Å². The first-order valence-corrected chi connectivity index (χ1v) is 6.08. The normalized spacial score (nSPS) is 12.8. The Balaban J connectivity index is 2.33. The van der Waals surface area contributed by atoms with Crippen LogP contribution in [-0.2, 0) is 0 Å². The van der Waals surface area contributed by atoms with Gasteiger partial charge in [0, 0.05) is 10.9 Å². The number of fused-ring (bicyclic) bond motifs is 1. The molecule has 0 aliphatic heterocycles. The van der Waals surface area contributed by atoms with Gasteiger partial charge in [-0.25, -0.2) is 9.07 Å². The van der Waals surface area contributed by atoms with E-state index in [0.29, 0.717) is 11.3 Å². The van der Waals surface area contributed by atoms with Gasteiger partial charge in [-0.2, -0.15) is 5.10 Å². The Morgan fingerprint density at radius 2 is 1.95 bits per heavy atom. The SMILES string of the molecule is CC(O)c1cccc(F)c1-n1ncc2ccccc21. The van der Waals surface area contributed by atoms with Gasteiger partial charge in [0.2, 0.25) is 0 Å². The van der Waals surface area contributed by atoms with Gasteiger partial charge in [-0.3, -0.25) is 0 Å². The Bertz CT molecular complexity index is 734. The van der Waals surface area contributed by atoms with Gasteiger partial charge in [-0.1, -0.05) is 30.3 Å². The van der Waals surface area contributed by atoms with Crippen molar-refractivity contribution in [2.24, 2.45) is 0 Å². The average Bonchev–Trinajstić information content (AvgIpc) is 2.82. The lowest BCUT2D eigenvalue weighted by Crippen LogP contribution is -2.06. The van der Waals surface area contributed by atoms with Crippen LogP contribution in [0, 0.1) is 5.82 Å². The Labute approximate surface area is 109 Å². The fraction of sp³-hybridized carbons (Fsp3) is 0.133. The minimum Gasteiger partial charge on any atom is -0.389 e. The summed E-state index contributed by atoms with van der Waals surface area (Å²) in [5.41, 5.74) is 1.64. The van der Waals surface area contributed by atoms with E-state index in [0.717, 1.165) is 10.9 Å². The van der Waals surface area contributed by atoms with Crippen molar-refractivity contribution in [3.63, 3.8) is 0 Å². The van der Waals surface area contributed by atoms with Gasteiger partial charge in [0.05, 0.1) is 17.8 Å². The van der Waals surface area contributed by atoms with Crippen molar-refractivity contribution >= 4 is 10.9 Å². The van der Waals surface area contributed by atoms with E-state index in [4.69, 9.17) is 0 Å². The van der Waals surface area contributed by atoms with Gasteiger partial charge >= 0.3 is 0 Å². The first-order chi connectivity index (χ1) is 9.18. The second-order valence-corrected chi connectivity index (χ2v) is 4.47. The molecule has 1 unspecified atom stereocenters. The van der Waals surface area contributed by atoms with E-state index in [1.54, 1.807) is 25.3 Å². The van der Waals surface area contributed by atoms with Crippen LogP contribution in [0.5, 0.6) is 0 Å². The van der Waals surface area contributed by atoms with Crippen LogP contribution in [0.1, 0.15) is 18.6 Å². The number of aliphatic hydroxyl groups excluding tert-OH is 1. The van der Waals surface area contributed by atoms with Crippen LogP contribution in [0.15, 0.2) is 48.7 Å². The molecule has 0 spiro atoms. The number of hydrogen-bond donors (Lipinski definition) is 1. The maximum Gasteiger partial charge on any atom is 0.149 e. The lowest BCUT2D eigenvalue weighted by Gasteiger charge is -2.13. The molecular formula is C15H13FN2O. The third-order valence-corrected chi connectivity index (χ3v) is 3.16. The summed E-state index contributed by atoms with van der Waals surface area (Å²) in [5.74, 6) is -0.396. The van der Waals surface area contributed by atoms with Gasteiger partial charge in [0.1, 0.15) is 11.5 Å². The van der Waals surface area contributed by atoms with Crippen LogP contribution < -0.4 is 0 Å². The molecule has 0 fully saturated rings. The van der Waals surface area contributed by atoms with Gasteiger partial charge in [-0.15, -0.1) is 0 Å². The van der Waals surface area contributed by atoms with E-state index in [-0.39, 0.29) is 0 Å². The predicted octanol–water partition coefficient (Wildman–Crippen LogP) is 3.22. The van der Waals surface area contributed by atoms with Crippen molar-refractivity contribution in [2.45, 2.75) is 13.0 Å². The number of nitrogens with zero attached hydrogens (tertiary/aromatic N) is 2. The molecular weight excluding hydrogens is 243 g/mol. The summed E-state index contributed by atoms with van der Waals surface area (Å²) in [6.07, 6.45) is 0.932. The van der Waals surface area contributed by atoms with E-state index < -0.39 is 11.9 Å². The first kappa shape index (κ1) is 11.9. The molecule has 3 nitrogen and oxygen atoms in total. The van der Waals surface area contributed by atoms with Gasteiger partial charge in [0.15, 0.2) is 0 Å². The number of halogens is 1. The van der Waals surface area contributed by atoms with E-state index in [1.807, 2.05) is 24.3 Å². The third-order valence-electron chi connectivity index (χ3n) is 3.16. The molecule has 0 saturated heterocycles. The zero-order chi connectivity index (χ0) is 13.4. The van der Waals surface area contributed by atoms with Gasteiger partial charge < -0.3 is 5.11 Å². The molecule has 0 saturated carbocycles. The molecule has 19 heavy (non-hydrogen) atoms. The molecule has 1 atom stereocenters. The van der Waals surface area contributed by atoms with Crippen LogP contribution in [0.2, 0.25) is 0 Å². The smallest absolute Gasteiger partial charge is 0.149 e. The molecule has 0 radical (unpaired) electrons. The number of aromatic nitrogens is 2. The molecule has 1 N–H and O–H groups in total. The predicted molar refractivity (Wildman–Crippen MR) is 71.7 cm³/mol. The van der Waals surface area contributed by atoms with E-state index in [2.05, 4.69) is 5.10 Å². The lowest BCUT2D eigenvalue weighted by molar-refractivity contribution is 0.198. The van der Waals surface area contributed by atoms with Crippen molar-refractivity contribution < 1.29 is 9.50 Å². The van der Waals surface area contributed by atoms with Crippen LogP contribution in [-0.4, -0.2) is 14.9 Å². The molecule has 3 rings (SSSR count). The van der Waals surface area contributed by atoms with Crippen molar-refractivity contribution in [1.82, 2.24) is 9.78 Å². The zero-order valence-corrected chi connectivity index (χ0v) is 10.4. The molecule has 2 aromatic carbocycles. The molecule has 1 aromatic heterocycles. The maximum atomic E-state index is 14.1. The molecule has 4 heteroatoms. The van der Waals surface area contributed by atoms with Crippen LogP contribution >= 0.6 is 0 Å². The Hall–Kier alpha value is -2.20.